The first-order valence-corrected chi connectivity index (χ1v) is 6.28. The van der Waals surface area contributed by atoms with E-state index in [1.807, 2.05) is 24.3 Å². The van der Waals surface area contributed by atoms with Crippen molar-refractivity contribution in [3.63, 3.8) is 0 Å². The largest absolute Gasteiger partial charge is 0.289 e. The minimum atomic E-state index is -0.858. The first-order chi connectivity index (χ1) is 9.06. The van der Waals surface area contributed by atoms with Gasteiger partial charge in [-0.25, -0.2) is 8.78 Å². The molecule has 1 nitrogen and oxygen atoms in total. The molecule has 2 rings (SSSR count). The molecule has 0 bridgehead atoms. The molecular formula is C15H9BrF2O. The quantitative estimate of drug-likeness (QED) is 0.595. The Kier molecular flexibility index (Phi) is 4.22. The van der Waals surface area contributed by atoms with Crippen molar-refractivity contribution in [1.82, 2.24) is 0 Å². The van der Waals surface area contributed by atoms with Crippen molar-refractivity contribution in [2.75, 3.05) is 0 Å². The zero-order valence-electron chi connectivity index (χ0n) is 9.74. The van der Waals surface area contributed by atoms with Crippen LogP contribution in [0, 0.1) is 11.6 Å². The van der Waals surface area contributed by atoms with E-state index in [1.54, 1.807) is 6.08 Å². The molecule has 0 aliphatic carbocycles. The zero-order valence-corrected chi connectivity index (χ0v) is 11.3. The van der Waals surface area contributed by atoms with Gasteiger partial charge in [0.05, 0.1) is 5.56 Å². The van der Waals surface area contributed by atoms with E-state index in [9.17, 15) is 13.6 Å². The van der Waals surface area contributed by atoms with Crippen LogP contribution in [0.1, 0.15) is 15.9 Å². The van der Waals surface area contributed by atoms with Crippen molar-refractivity contribution in [3.8, 4) is 0 Å². The SMILES string of the molecule is O=C(/C=C/c1cccc(Br)c1)c1ccc(F)cc1F. The van der Waals surface area contributed by atoms with Crippen LogP contribution in [0.4, 0.5) is 8.78 Å². The molecule has 0 aromatic heterocycles. The van der Waals surface area contributed by atoms with Crippen LogP contribution in [-0.2, 0) is 0 Å². The summed E-state index contributed by atoms with van der Waals surface area (Å²) in [7, 11) is 0. The van der Waals surface area contributed by atoms with E-state index in [0.29, 0.717) is 6.07 Å². The van der Waals surface area contributed by atoms with E-state index in [4.69, 9.17) is 0 Å². The Hall–Kier alpha value is -1.81. The van der Waals surface area contributed by atoms with E-state index in [2.05, 4.69) is 15.9 Å². The molecule has 19 heavy (non-hydrogen) atoms. The lowest BCUT2D eigenvalue weighted by Gasteiger charge is -1.99. The second-order valence-electron chi connectivity index (χ2n) is 3.88. The van der Waals surface area contributed by atoms with E-state index in [0.717, 1.165) is 22.2 Å². The minimum Gasteiger partial charge on any atom is -0.289 e. The lowest BCUT2D eigenvalue weighted by molar-refractivity contribution is 0.104. The molecule has 0 saturated heterocycles. The molecule has 0 heterocycles. The smallest absolute Gasteiger partial charge is 0.188 e. The third kappa shape index (κ3) is 3.58. The van der Waals surface area contributed by atoms with Gasteiger partial charge >= 0.3 is 0 Å². The fourth-order valence-electron chi connectivity index (χ4n) is 1.56. The van der Waals surface area contributed by atoms with Gasteiger partial charge in [0, 0.05) is 10.5 Å². The predicted octanol–water partition coefficient (Wildman–Crippen LogP) is 4.62. The second kappa shape index (κ2) is 5.89. The molecule has 0 fully saturated rings. The van der Waals surface area contributed by atoms with Crippen LogP contribution in [0.2, 0.25) is 0 Å². The summed E-state index contributed by atoms with van der Waals surface area (Å²) in [5, 5.41) is 0. The highest BCUT2D eigenvalue weighted by Gasteiger charge is 2.09. The van der Waals surface area contributed by atoms with Gasteiger partial charge in [0.2, 0.25) is 0 Å². The van der Waals surface area contributed by atoms with Crippen LogP contribution >= 0.6 is 15.9 Å². The molecule has 0 radical (unpaired) electrons. The maximum absolute atomic E-state index is 13.4. The molecule has 0 aliphatic heterocycles. The molecule has 4 heteroatoms. The molecule has 0 unspecified atom stereocenters. The summed E-state index contributed by atoms with van der Waals surface area (Å²) in [6.07, 6.45) is 2.84. The molecule has 2 aromatic rings. The Morgan fingerprint density at radius 3 is 2.58 bits per heavy atom. The van der Waals surface area contributed by atoms with Gasteiger partial charge in [0.1, 0.15) is 11.6 Å². The standard InChI is InChI=1S/C15H9BrF2O/c16-11-3-1-2-10(8-11)4-7-15(19)13-6-5-12(17)9-14(13)18/h1-9H/b7-4+. The van der Waals surface area contributed by atoms with Crippen LogP contribution in [0.5, 0.6) is 0 Å². The van der Waals surface area contributed by atoms with E-state index < -0.39 is 17.4 Å². The highest BCUT2D eigenvalue weighted by Crippen LogP contribution is 2.14. The average molecular weight is 323 g/mol. The van der Waals surface area contributed by atoms with Gasteiger partial charge < -0.3 is 0 Å². The number of halogens is 3. The highest BCUT2D eigenvalue weighted by atomic mass is 79.9. The van der Waals surface area contributed by atoms with Gasteiger partial charge in [-0.1, -0.05) is 34.1 Å². The number of hydrogen-bond donors (Lipinski definition) is 0. The molecule has 0 N–H and O–H groups in total. The second-order valence-corrected chi connectivity index (χ2v) is 4.79. The van der Waals surface area contributed by atoms with Crippen LogP contribution < -0.4 is 0 Å². The number of ketones is 1. The first kappa shape index (κ1) is 13.6. The van der Waals surface area contributed by atoms with Crippen molar-refractivity contribution in [1.29, 1.82) is 0 Å². The molecule has 2 aromatic carbocycles. The number of carbonyl (C=O) groups is 1. The Morgan fingerprint density at radius 2 is 1.89 bits per heavy atom. The molecule has 0 spiro atoms. The molecule has 96 valence electrons. The number of rotatable bonds is 3. The Balaban J connectivity index is 2.21. The van der Waals surface area contributed by atoms with Crippen molar-refractivity contribution in [2.24, 2.45) is 0 Å². The summed E-state index contributed by atoms with van der Waals surface area (Å²) >= 11 is 3.31. The van der Waals surface area contributed by atoms with E-state index in [-0.39, 0.29) is 5.56 Å². The van der Waals surface area contributed by atoms with Crippen LogP contribution in [0.25, 0.3) is 6.08 Å². The Morgan fingerprint density at radius 1 is 1.11 bits per heavy atom. The van der Waals surface area contributed by atoms with Gasteiger partial charge in [-0.2, -0.15) is 0 Å². The Labute approximate surface area is 117 Å². The summed E-state index contributed by atoms with van der Waals surface area (Å²) in [5.41, 5.74) is 0.665. The summed E-state index contributed by atoms with van der Waals surface area (Å²) in [6.45, 7) is 0. The van der Waals surface area contributed by atoms with Gasteiger partial charge in [0.25, 0.3) is 0 Å². The first-order valence-electron chi connectivity index (χ1n) is 5.49. The zero-order chi connectivity index (χ0) is 13.8. The van der Waals surface area contributed by atoms with Crippen molar-refractivity contribution >= 4 is 27.8 Å². The average Bonchev–Trinajstić information content (AvgIpc) is 2.36. The van der Waals surface area contributed by atoms with Crippen LogP contribution in [0.3, 0.4) is 0 Å². The fraction of sp³-hybridized carbons (Fsp3) is 0. The lowest BCUT2D eigenvalue weighted by atomic mass is 10.1. The Bertz CT molecular complexity index is 650. The highest BCUT2D eigenvalue weighted by molar-refractivity contribution is 9.10. The number of benzene rings is 2. The minimum absolute atomic E-state index is 0.146. The van der Waals surface area contributed by atoms with E-state index >= 15 is 0 Å². The topological polar surface area (TPSA) is 17.1 Å². The monoisotopic (exact) mass is 322 g/mol. The summed E-state index contributed by atoms with van der Waals surface area (Å²) in [5.74, 6) is -2.06. The van der Waals surface area contributed by atoms with Gasteiger partial charge in [-0.15, -0.1) is 0 Å². The summed E-state index contributed by atoms with van der Waals surface area (Å²) in [6, 6.07) is 10.2. The molecular weight excluding hydrogens is 314 g/mol. The van der Waals surface area contributed by atoms with Gasteiger partial charge in [0.15, 0.2) is 5.78 Å². The fourth-order valence-corrected chi connectivity index (χ4v) is 1.98. The van der Waals surface area contributed by atoms with Crippen LogP contribution in [0.15, 0.2) is 53.0 Å². The third-order valence-electron chi connectivity index (χ3n) is 2.47. The summed E-state index contributed by atoms with van der Waals surface area (Å²) < 4.78 is 27.0. The normalized spacial score (nSPS) is 10.9. The van der Waals surface area contributed by atoms with Crippen molar-refractivity contribution in [3.05, 3.63) is 75.8 Å². The maximum atomic E-state index is 13.4. The van der Waals surface area contributed by atoms with Crippen molar-refractivity contribution in [2.45, 2.75) is 0 Å². The maximum Gasteiger partial charge on any atom is 0.188 e. The lowest BCUT2D eigenvalue weighted by Crippen LogP contribution is -1.99. The molecule has 0 aliphatic rings. The van der Waals surface area contributed by atoms with Crippen LogP contribution in [-0.4, -0.2) is 5.78 Å². The third-order valence-corrected chi connectivity index (χ3v) is 2.97. The van der Waals surface area contributed by atoms with Crippen molar-refractivity contribution < 1.29 is 13.6 Å². The van der Waals surface area contributed by atoms with Gasteiger partial charge in [-0.05, 0) is 35.9 Å². The van der Waals surface area contributed by atoms with E-state index in [1.165, 1.54) is 6.08 Å². The molecule has 0 atom stereocenters. The molecule has 0 amide bonds. The summed E-state index contributed by atoms with van der Waals surface area (Å²) in [4.78, 5) is 11.8. The van der Waals surface area contributed by atoms with Gasteiger partial charge in [-0.3, -0.25) is 4.79 Å². The number of carbonyl (C=O) groups excluding carboxylic acids is 1. The predicted molar refractivity (Wildman–Crippen MR) is 73.9 cm³/mol. The molecule has 0 saturated carbocycles. The number of allylic oxidation sites excluding steroid dienone is 1. The number of hydrogen-bond acceptors (Lipinski definition) is 1.